The Kier molecular flexibility index (Phi) is 8.07. The molecule has 0 aromatic carbocycles. The Bertz CT molecular complexity index is 411. The van der Waals surface area contributed by atoms with E-state index in [2.05, 4.69) is 20.1 Å². The second-order valence-electron chi connectivity index (χ2n) is 5.38. The summed E-state index contributed by atoms with van der Waals surface area (Å²) < 4.78 is 9.00. The van der Waals surface area contributed by atoms with E-state index >= 15 is 0 Å². The number of carbonyl (C=O) groups excluding carboxylic acids is 4. The summed E-state index contributed by atoms with van der Waals surface area (Å²) in [6.07, 6.45) is 2.28. The molecule has 1 saturated carbocycles. The summed E-state index contributed by atoms with van der Waals surface area (Å²) in [7, 11) is 2.58. The van der Waals surface area contributed by atoms with Crippen molar-refractivity contribution in [3.8, 4) is 0 Å². The Balaban J connectivity index is 2.39. The SMILES string of the molecule is COC(=O)CCNC(=O)C1CCCC1C(=O)NCCC(=O)OC. The van der Waals surface area contributed by atoms with Crippen LogP contribution in [0, 0.1) is 11.8 Å². The van der Waals surface area contributed by atoms with Crippen molar-refractivity contribution in [1.29, 1.82) is 0 Å². The first-order valence-electron chi connectivity index (χ1n) is 7.68. The molecule has 23 heavy (non-hydrogen) atoms. The smallest absolute Gasteiger partial charge is 0.307 e. The van der Waals surface area contributed by atoms with Gasteiger partial charge in [-0.05, 0) is 12.8 Å². The lowest BCUT2D eigenvalue weighted by atomic mass is 9.94. The fraction of sp³-hybridized carbons (Fsp3) is 0.733. The van der Waals surface area contributed by atoms with Gasteiger partial charge < -0.3 is 20.1 Å². The van der Waals surface area contributed by atoms with E-state index in [-0.39, 0.29) is 37.7 Å². The minimum atomic E-state index is -0.397. The monoisotopic (exact) mass is 328 g/mol. The van der Waals surface area contributed by atoms with E-state index in [9.17, 15) is 19.2 Å². The summed E-state index contributed by atoms with van der Waals surface area (Å²) >= 11 is 0. The number of hydrogen-bond acceptors (Lipinski definition) is 6. The summed E-state index contributed by atoms with van der Waals surface area (Å²) in [6.45, 7) is 0.386. The molecule has 1 aliphatic carbocycles. The third kappa shape index (κ3) is 6.25. The first kappa shape index (κ1) is 18.9. The summed E-state index contributed by atoms with van der Waals surface area (Å²) in [5.41, 5.74) is 0. The molecule has 0 aliphatic heterocycles. The normalized spacial score (nSPS) is 19.7. The van der Waals surface area contributed by atoms with Gasteiger partial charge >= 0.3 is 11.9 Å². The van der Waals surface area contributed by atoms with Crippen LogP contribution >= 0.6 is 0 Å². The topological polar surface area (TPSA) is 111 Å². The van der Waals surface area contributed by atoms with Gasteiger partial charge in [0.1, 0.15) is 0 Å². The quantitative estimate of drug-likeness (QED) is 0.595. The van der Waals surface area contributed by atoms with Gasteiger partial charge in [-0.15, -0.1) is 0 Å². The van der Waals surface area contributed by atoms with Crippen LogP contribution in [0.4, 0.5) is 0 Å². The van der Waals surface area contributed by atoms with E-state index in [1.807, 2.05) is 0 Å². The molecule has 8 nitrogen and oxygen atoms in total. The number of rotatable bonds is 8. The van der Waals surface area contributed by atoms with Crippen LogP contribution in [0.15, 0.2) is 0 Å². The number of amides is 2. The third-order valence-electron chi connectivity index (χ3n) is 3.90. The molecule has 0 aromatic heterocycles. The van der Waals surface area contributed by atoms with Crippen LogP contribution in [-0.2, 0) is 28.7 Å². The van der Waals surface area contributed by atoms with Crippen LogP contribution in [0.2, 0.25) is 0 Å². The molecular weight excluding hydrogens is 304 g/mol. The van der Waals surface area contributed by atoms with E-state index in [1.165, 1.54) is 14.2 Å². The second-order valence-corrected chi connectivity index (χ2v) is 5.38. The average Bonchev–Trinajstić information content (AvgIpc) is 3.03. The van der Waals surface area contributed by atoms with Gasteiger partial charge in [0.2, 0.25) is 11.8 Å². The zero-order valence-corrected chi connectivity index (χ0v) is 13.6. The summed E-state index contributed by atoms with van der Waals surface area (Å²) in [5.74, 6) is -2.03. The molecule has 0 bridgehead atoms. The van der Waals surface area contributed by atoms with Crippen molar-refractivity contribution in [2.75, 3.05) is 27.3 Å². The summed E-state index contributed by atoms with van der Waals surface area (Å²) in [6, 6.07) is 0. The number of nitrogens with one attached hydrogen (secondary N) is 2. The standard InChI is InChI=1S/C15H24N2O6/c1-22-12(18)6-8-16-14(20)10-4-3-5-11(10)15(21)17-9-7-13(19)23-2/h10-11H,3-9H2,1-2H3,(H,16,20)(H,17,21). The molecule has 1 rings (SSSR count). The van der Waals surface area contributed by atoms with Crippen molar-refractivity contribution >= 4 is 23.8 Å². The van der Waals surface area contributed by atoms with Crippen LogP contribution in [0.25, 0.3) is 0 Å². The fourth-order valence-corrected chi connectivity index (χ4v) is 2.63. The third-order valence-corrected chi connectivity index (χ3v) is 3.90. The molecule has 8 heteroatoms. The van der Waals surface area contributed by atoms with Crippen molar-refractivity contribution in [2.24, 2.45) is 11.8 Å². The Morgan fingerprint density at radius 2 is 1.22 bits per heavy atom. The molecule has 2 unspecified atom stereocenters. The Morgan fingerprint density at radius 3 is 1.57 bits per heavy atom. The molecule has 1 aliphatic rings. The van der Waals surface area contributed by atoms with Gasteiger partial charge in [0.05, 0.1) is 27.1 Å². The molecule has 2 amide bonds. The minimum absolute atomic E-state index is 0.102. The first-order chi connectivity index (χ1) is 11.0. The Hall–Kier alpha value is -2.12. The number of methoxy groups -OCH3 is 2. The van der Waals surface area contributed by atoms with Crippen LogP contribution in [0.5, 0.6) is 0 Å². The highest BCUT2D eigenvalue weighted by Crippen LogP contribution is 2.32. The largest absolute Gasteiger partial charge is 0.469 e. The zero-order valence-electron chi connectivity index (χ0n) is 13.6. The Labute approximate surface area is 135 Å². The van der Waals surface area contributed by atoms with Crippen LogP contribution in [-0.4, -0.2) is 51.1 Å². The minimum Gasteiger partial charge on any atom is -0.469 e. The molecule has 0 saturated heterocycles. The maximum Gasteiger partial charge on any atom is 0.307 e. The van der Waals surface area contributed by atoms with E-state index in [4.69, 9.17) is 0 Å². The molecule has 0 radical (unpaired) electrons. The van der Waals surface area contributed by atoms with Crippen molar-refractivity contribution < 1.29 is 28.7 Å². The molecule has 0 aromatic rings. The van der Waals surface area contributed by atoms with Crippen molar-refractivity contribution in [3.05, 3.63) is 0 Å². The second kappa shape index (κ2) is 9.81. The number of esters is 2. The van der Waals surface area contributed by atoms with Crippen molar-refractivity contribution in [1.82, 2.24) is 10.6 Å². The number of carbonyl (C=O) groups is 4. The molecule has 130 valence electrons. The molecule has 0 spiro atoms. The lowest BCUT2D eigenvalue weighted by Gasteiger charge is -2.18. The highest BCUT2D eigenvalue weighted by atomic mass is 16.5. The summed E-state index contributed by atoms with van der Waals surface area (Å²) in [4.78, 5) is 46.3. The van der Waals surface area contributed by atoms with Crippen LogP contribution in [0.3, 0.4) is 0 Å². The molecular formula is C15H24N2O6. The van der Waals surface area contributed by atoms with Gasteiger partial charge in [-0.2, -0.15) is 0 Å². The van der Waals surface area contributed by atoms with Crippen LogP contribution < -0.4 is 10.6 Å². The van der Waals surface area contributed by atoms with E-state index in [0.717, 1.165) is 6.42 Å². The highest BCUT2D eigenvalue weighted by molar-refractivity contribution is 5.88. The molecule has 2 N–H and O–H groups in total. The van der Waals surface area contributed by atoms with Gasteiger partial charge in [-0.3, -0.25) is 19.2 Å². The van der Waals surface area contributed by atoms with Gasteiger partial charge in [-0.25, -0.2) is 0 Å². The fourth-order valence-electron chi connectivity index (χ4n) is 2.63. The van der Waals surface area contributed by atoms with Gasteiger partial charge in [0.15, 0.2) is 0 Å². The van der Waals surface area contributed by atoms with Gasteiger partial charge in [0.25, 0.3) is 0 Å². The highest BCUT2D eigenvalue weighted by Gasteiger charge is 2.37. The van der Waals surface area contributed by atoms with Gasteiger partial charge in [0, 0.05) is 24.9 Å². The maximum absolute atomic E-state index is 12.1. The summed E-state index contributed by atoms with van der Waals surface area (Å²) in [5, 5.41) is 5.33. The van der Waals surface area contributed by atoms with E-state index < -0.39 is 23.8 Å². The molecule has 1 fully saturated rings. The van der Waals surface area contributed by atoms with Crippen LogP contribution in [0.1, 0.15) is 32.1 Å². The lowest BCUT2D eigenvalue weighted by molar-refractivity contribution is -0.142. The number of hydrogen-bond donors (Lipinski definition) is 2. The van der Waals surface area contributed by atoms with E-state index in [1.54, 1.807) is 0 Å². The predicted octanol–water partition coefficient (Wildman–Crippen LogP) is -0.239. The predicted molar refractivity (Wildman–Crippen MR) is 80.1 cm³/mol. The Morgan fingerprint density at radius 1 is 0.826 bits per heavy atom. The zero-order chi connectivity index (χ0) is 17.2. The van der Waals surface area contributed by atoms with E-state index in [0.29, 0.717) is 12.8 Å². The molecule has 0 heterocycles. The number of ether oxygens (including phenoxy) is 2. The van der Waals surface area contributed by atoms with Crippen molar-refractivity contribution in [3.63, 3.8) is 0 Å². The average molecular weight is 328 g/mol. The van der Waals surface area contributed by atoms with Gasteiger partial charge in [-0.1, -0.05) is 6.42 Å². The maximum atomic E-state index is 12.1. The first-order valence-corrected chi connectivity index (χ1v) is 7.68. The molecule has 2 atom stereocenters. The lowest BCUT2D eigenvalue weighted by Crippen LogP contribution is -2.40. The van der Waals surface area contributed by atoms with Crippen molar-refractivity contribution in [2.45, 2.75) is 32.1 Å².